The molecule has 0 bridgehead atoms. The summed E-state index contributed by atoms with van der Waals surface area (Å²) >= 11 is 1.41. The molecule has 2 aliphatic heterocycles. The van der Waals surface area contributed by atoms with E-state index in [0.717, 1.165) is 73.5 Å². The zero-order chi connectivity index (χ0) is 29.3. The van der Waals surface area contributed by atoms with E-state index < -0.39 is 5.97 Å². The number of halogens is 1. The van der Waals surface area contributed by atoms with Gasteiger partial charge in [-0.25, -0.2) is 19.2 Å². The summed E-state index contributed by atoms with van der Waals surface area (Å²) in [6.07, 6.45) is 6.42. The van der Waals surface area contributed by atoms with Gasteiger partial charge in [0.1, 0.15) is 18.2 Å². The lowest BCUT2D eigenvalue weighted by Gasteiger charge is -2.29. The van der Waals surface area contributed by atoms with Crippen molar-refractivity contribution in [3.63, 3.8) is 0 Å². The van der Waals surface area contributed by atoms with E-state index in [4.69, 9.17) is 14.5 Å². The van der Waals surface area contributed by atoms with Gasteiger partial charge in [0.25, 0.3) is 5.19 Å². The van der Waals surface area contributed by atoms with Crippen molar-refractivity contribution in [2.45, 2.75) is 51.5 Å². The number of hydrogen-bond acceptors (Lipinski definition) is 7. The van der Waals surface area contributed by atoms with Crippen LogP contribution in [-0.4, -0.2) is 56.3 Å². The van der Waals surface area contributed by atoms with E-state index in [1.165, 1.54) is 17.4 Å². The van der Waals surface area contributed by atoms with E-state index in [2.05, 4.69) is 32.4 Å². The van der Waals surface area contributed by atoms with E-state index >= 15 is 0 Å². The highest BCUT2D eigenvalue weighted by Gasteiger charge is 2.24. The lowest BCUT2D eigenvalue weighted by Crippen LogP contribution is -2.33. The first-order chi connectivity index (χ1) is 21.0. The molecule has 0 spiro atoms. The van der Waals surface area contributed by atoms with Gasteiger partial charge in [0, 0.05) is 42.1 Å². The van der Waals surface area contributed by atoms with E-state index in [9.17, 15) is 14.3 Å². The van der Waals surface area contributed by atoms with Crippen LogP contribution in [0.3, 0.4) is 0 Å². The van der Waals surface area contributed by atoms with Gasteiger partial charge in [-0.2, -0.15) is 0 Å². The topological polar surface area (TPSA) is 89.7 Å². The van der Waals surface area contributed by atoms with Gasteiger partial charge in [-0.1, -0.05) is 35.3 Å². The number of hydrogen-bond donors (Lipinski definition) is 1. The second-order valence-electron chi connectivity index (χ2n) is 11.3. The van der Waals surface area contributed by atoms with E-state index in [0.29, 0.717) is 35.3 Å². The fourth-order valence-electron chi connectivity index (χ4n) is 5.32. The van der Waals surface area contributed by atoms with Crippen molar-refractivity contribution in [1.82, 2.24) is 19.4 Å². The zero-order valence-corrected chi connectivity index (χ0v) is 24.4. The van der Waals surface area contributed by atoms with Crippen LogP contribution < -0.4 is 4.74 Å². The summed E-state index contributed by atoms with van der Waals surface area (Å²) in [5.74, 6) is 6.33. The normalized spacial score (nSPS) is 18.5. The fourth-order valence-corrected chi connectivity index (χ4v) is 6.01. The SMILES string of the molecule is O=C(O)c1ccc2nc(CN3CC=C(c4csc(OCc5ccc(C#CC6CC6)cc5F)n4)CC3)n(CC3CCO3)c2c1. The van der Waals surface area contributed by atoms with Gasteiger partial charge in [-0.3, -0.25) is 4.90 Å². The van der Waals surface area contributed by atoms with Crippen molar-refractivity contribution in [2.75, 3.05) is 19.7 Å². The number of aromatic carboxylic acids is 1. The molecule has 43 heavy (non-hydrogen) atoms. The summed E-state index contributed by atoms with van der Waals surface area (Å²) in [5.41, 5.74) is 5.10. The van der Waals surface area contributed by atoms with Crippen molar-refractivity contribution in [2.24, 2.45) is 5.92 Å². The molecular weight excluding hydrogens is 567 g/mol. The molecule has 2 fully saturated rings. The molecule has 4 heterocycles. The molecule has 1 saturated heterocycles. The van der Waals surface area contributed by atoms with Crippen LogP contribution in [0.5, 0.6) is 5.19 Å². The summed E-state index contributed by atoms with van der Waals surface area (Å²) in [6.45, 7) is 3.76. The third-order valence-electron chi connectivity index (χ3n) is 8.13. The number of fused-ring (bicyclic) bond motifs is 1. The first-order valence-electron chi connectivity index (χ1n) is 14.6. The Morgan fingerprint density at radius 1 is 1.19 bits per heavy atom. The maximum atomic E-state index is 14.6. The molecule has 1 aliphatic carbocycles. The van der Waals surface area contributed by atoms with Crippen LogP contribution in [0.25, 0.3) is 16.6 Å². The van der Waals surface area contributed by atoms with E-state index in [1.54, 1.807) is 24.3 Å². The summed E-state index contributed by atoms with van der Waals surface area (Å²) in [6, 6.07) is 10.1. The molecule has 220 valence electrons. The first kappa shape index (κ1) is 27.8. The average molecular weight is 599 g/mol. The Morgan fingerprint density at radius 2 is 2.07 bits per heavy atom. The molecule has 0 amide bonds. The molecule has 1 atom stereocenters. The monoisotopic (exact) mass is 598 g/mol. The van der Waals surface area contributed by atoms with Gasteiger partial charge in [-0.05, 0) is 61.6 Å². The van der Waals surface area contributed by atoms with E-state index in [-0.39, 0.29) is 24.1 Å². The van der Waals surface area contributed by atoms with Crippen molar-refractivity contribution < 1.29 is 23.8 Å². The number of aromatic nitrogens is 3. The first-order valence-corrected chi connectivity index (χ1v) is 15.5. The van der Waals surface area contributed by atoms with Gasteiger partial charge in [0.15, 0.2) is 0 Å². The van der Waals surface area contributed by atoms with Gasteiger partial charge >= 0.3 is 5.97 Å². The number of carbonyl (C=O) groups is 1. The number of rotatable bonds is 9. The zero-order valence-electron chi connectivity index (χ0n) is 23.6. The maximum absolute atomic E-state index is 14.6. The number of carboxylic acids is 1. The molecule has 2 aromatic carbocycles. The second-order valence-corrected chi connectivity index (χ2v) is 12.1. The predicted octanol–water partition coefficient (Wildman–Crippen LogP) is 5.75. The molecule has 0 radical (unpaired) electrons. The minimum Gasteiger partial charge on any atom is -0.478 e. The summed E-state index contributed by atoms with van der Waals surface area (Å²) in [4.78, 5) is 23.4. The number of benzene rings is 2. The van der Waals surface area contributed by atoms with Crippen LogP contribution in [0.1, 0.15) is 58.7 Å². The highest BCUT2D eigenvalue weighted by molar-refractivity contribution is 7.11. The molecule has 3 aliphatic rings. The molecule has 7 rings (SSSR count). The predicted molar refractivity (Wildman–Crippen MR) is 161 cm³/mol. The van der Waals surface area contributed by atoms with Crippen LogP contribution in [-0.2, 0) is 24.4 Å². The van der Waals surface area contributed by atoms with Gasteiger partial charge in [-0.15, -0.1) is 0 Å². The number of ether oxygens (including phenoxy) is 2. The third kappa shape index (κ3) is 6.34. The Kier molecular flexibility index (Phi) is 7.70. The molecular formula is C33H31FN4O4S. The van der Waals surface area contributed by atoms with E-state index in [1.807, 2.05) is 11.4 Å². The van der Waals surface area contributed by atoms with Crippen LogP contribution in [0.4, 0.5) is 4.39 Å². The van der Waals surface area contributed by atoms with Crippen molar-refractivity contribution in [1.29, 1.82) is 0 Å². The molecule has 1 saturated carbocycles. The van der Waals surface area contributed by atoms with Crippen molar-refractivity contribution in [3.05, 3.63) is 81.9 Å². The second kappa shape index (κ2) is 11.9. The van der Waals surface area contributed by atoms with Crippen LogP contribution in [0, 0.1) is 23.6 Å². The van der Waals surface area contributed by atoms with Crippen LogP contribution >= 0.6 is 11.3 Å². The number of nitrogens with zero attached hydrogens (tertiary/aromatic N) is 4. The fraction of sp³-hybridized carbons (Fsp3) is 0.364. The Morgan fingerprint density at radius 3 is 2.79 bits per heavy atom. The third-order valence-corrected chi connectivity index (χ3v) is 8.88. The lowest BCUT2D eigenvalue weighted by atomic mass is 10.1. The summed E-state index contributed by atoms with van der Waals surface area (Å²) in [7, 11) is 0. The van der Waals surface area contributed by atoms with Gasteiger partial charge in [0.05, 0.1) is 41.5 Å². The molecule has 1 N–H and O–H groups in total. The molecule has 2 aromatic heterocycles. The number of imidazole rings is 1. The standard InChI is InChI=1S/C33H31FN4O4S/c34-27-15-22(4-3-21-1-2-21)5-6-25(27)19-42-33-36-29(20-43-33)23-9-12-37(13-10-23)18-31-35-28-8-7-24(32(39)40)16-30(28)38(31)17-26-11-14-41-26/h5-9,15-16,20-21,26H,1-2,10-14,17-19H2,(H,39,40). The van der Waals surface area contributed by atoms with Gasteiger partial charge in [0.2, 0.25) is 0 Å². The smallest absolute Gasteiger partial charge is 0.335 e. The summed E-state index contributed by atoms with van der Waals surface area (Å²) in [5, 5.41) is 12.0. The minimum absolute atomic E-state index is 0.114. The Hall–Kier alpha value is -4.04. The summed E-state index contributed by atoms with van der Waals surface area (Å²) < 4.78 is 28.2. The Balaban J connectivity index is 0.988. The van der Waals surface area contributed by atoms with Crippen LogP contribution in [0.2, 0.25) is 0 Å². The van der Waals surface area contributed by atoms with Gasteiger partial charge < -0.3 is 19.1 Å². The minimum atomic E-state index is -0.948. The number of thiazole rings is 1. The molecule has 8 nitrogen and oxygen atoms in total. The van der Waals surface area contributed by atoms with Crippen LogP contribution in [0.15, 0.2) is 47.9 Å². The maximum Gasteiger partial charge on any atom is 0.335 e. The molecule has 1 unspecified atom stereocenters. The Labute approximate surface area is 252 Å². The Bertz CT molecular complexity index is 1780. The quantitative estimate of drug-likeness (QED) is 0.246. The highest BCUT2D eigenvalue weighted by Crippen LogP contribution is 2.30. The van der Waals surface area contributed by atoms with Crippen molar-refractivity contribution in [3.8, 4) is 17.0 Å². The number of carboxylic acid groups (broad SMARTS) is 1. The largest absolute Gasteiger partial charge is 0.478 e. The lowest BCUT2D eigenvalue weighted by molar-refractivity contribution is -0.0591. The average Bonchev–Trinajstić information content (AvgIpc) is 3.59. The molecule has 4 aromatic rings. The molecule has 10 heteroatoms. The highest BCUT2D eigenvalue weighted by atomic mass is 32.1. The van der Waals surface area contributed by atoms with Crippen molar-refractivity contribution >= 4 is 33.9 Å².